The van der Waals surface area contributed by atoms with Gasteiger partial charge in [0.05, 0.1) is 18.2 Å². The van der Waals surface area contributed by atoms with Crippen molar-refractivity contribution in [1.82, 2.24) is 5.32 Å². The fourth-order valence-corrected chi connectivity index (χ4v) is 3.12. The molecule has 0 fully saturated rings. The minimum atomic E-state index is -1.86. The molecule has 5 nitrogen and oxygen atoms in total. The third kappa shape index (κ3) is 9.18. The van der Waals surface area contributed by atoms with Crippen LogP contribution in [0.15, 0.2) is 18.2 Å². The maximum atomic E-state index is 13.7. The van der Waals surface area contributed by atoms with Crippen LogP contribution in [0.1, 0.15) is 54.0 Å². The van der Waals surface area contributed by atoms with E-state index in [1.54, 1.807) is 33.8 Å². The highest BCUT2D eigenvalue weighted by atomic mass is 28.4. The zero-order valence-electron chi connectivity index (χ0n) is 19.7. The van der Waals surface area contributed by atoms with Crippen LogP contribution in [-0.2, 0) is 9.16 Å². The number of carbonyl (C=O) groups is 1. The van der Waals surface area contributed by atoms with E-state index in [-0.39, 0.29) is 5.04 Å². The van der Waals surface area contributed by atoms with Gasteiger partial charge in [0, 0.05) is 6.07 Å². The molecular formula is C23H36FNO4Si. The molecule has 1 N–H and O–H groups in total. The quantitative estimate of drug-likeness (QED) is 0.363. The summed E-state index contributed by atoms with van der Waals surface area (Å²) in [6.07, 6.45) is -0.539. The standard InChI is InChI=1S/C23H36FNO4Si/c1-17(25-21(26)29-22(2,3)4)10-11-18-12-13-19(24)16-20(18)27-14-15-28-30(8,9)23(5,6)7/h12-13,16-17H,14-15H2,1-9H3,(H,25,26)/t17-/m1/s1. The molecule has 0 aromatic heterocycles. The van der Waals surface area contributed by atoms with Gasteiger partial charge < -0.3 is 19.2 Å². The van der Waals surface area contributed by atoms with Gasteiger partial charge in [-0.25, -0.2) is 9.18 Å². The number of halogens is 1. The summed E-state index contributed by atoms with van der Waals surface area (Å²) in [7, 11) is -1.86. The minimum absolute atomic E-state index is 0.111. The van der Waals surface area contributed by atoms with Crippen molar-refractivity contribution < 1.29 is 23.1 Å². The topological polar surface area (TPSA) is 56.8 Å². The second kappa shape index (κ2) is 10.3. The number of nitrogens with one attached hydrogen (secondary N) is 1. The van der Waals surface area contributed by atoms with Crippen molar-refractivity contribution in [2.45, 2.75) is 78.2 Å². The first-order chi connectivity index (χ1) is 13.6. The average molecular weight is 438 g/mol. The Morgan fingerprint density at radius 1 is 1.17 bits per heavy atom. The molecule has 1 aromatic rings. The van der Waals surface area contributed by atoms with Crippen LogP contribution in [0.4, 0.5) is 9.18 Å². The summed E-state index contributed by atoms with van der Waals surface area (Å²) >= 11 is 0. The second-order valence-corrected chi connectivity index (χ2v) is 14.5. The van der Waals surface area contributed by atoms with Crippen LogP contribution in [-0.4, -0.2) is 39.3 Å². The molecule has 0 aliphatic heterocycles. The summed E-state index contributed by atoms with van der Waals surface area (Å²) in [5, 5.41) is 2.77. The van der Waals surface area contributed by atoms with Gasteiger partial charge in [-0.1, -0.05) is 32.6 Å². The van der Waals surface area contributed by atoms with Gasteiger partial charge in [0.2, 0.25) is 0 Å². The van der Waals surface area contributed by atoms with E-state index in [1.165, 1.54) is 12.1 Å². The Balaban J connectivity index is 2.74. The molecule has 1 amide bonds. The highest BCUT2D eigenvalue weighted by Gasteiger charge is 2.36. The Bertz CT molecular complexity index is 785. The third-order valence-corrected chi connectivity index (χ3v) is 9.25. The second-order valence-electron chi connectivity index (χ2n) is 9.73. The highest BCUT2D eigenvalue weighted by Crippen LogP contribution is 2.36. The third-order valence-electron chi connectivity index (χ3n) is 4.71. The van der Waals surface area contributed by atoms with Crippen LogP contribution < -0.4 is 10.1 Å². The molecule has 1 rings (SSSR count). The van der Waals surface area contributed by atoms with Crippen LogP contribution in [0.5, 0.6) is 5.75 Å². The number of hydrogen-bond donors (Lipinski definition) is 1. The first-order valence-corrected chi connectivity index (χ1v) is 13.1. The Labute approximate surface area is 181 Å². The molecule has 0 aliphatic carbocycles. The lowest BCUT2D eigenvalue weighted by molar-refractivity contribution is 0.0519. The summed E-state index contributed by atoms with van der Waals surface area (Å²) < 4.78 is 30.8. The van der Waals surface area contributed by atoms with Crippen LogP contribution in [0, 0.1) is 17.7 Å². The molecular weight excluding hydrogens is 401 g/mol. The molecule has 0 saturated carbocycles. The van der Waals surface area contributed by atoms with Crippen molar-refractivity contribution in [3.63, 3.8) is 0 Å². The van der Waals surface area contributed by atoms with Crippen LogP contribution in [0.2, 0.25) is 18.1 Å². The maximum absolute atomic E-state index is 13.7. The van der Waals surface area contributed by atoms with E-state index in [9.17, 15) is 9.18 Å². The van der Waals surface area contributed by atoms with E-state index >= 15 is 0 Å². The lowest BCUT2D eigenvalue weighted by Crippen LogP contribution is -2.41. The van der Waals surface area contributed by atoms with E-state index in [0.717, 1.165) is 0 Å². The number of carbonyl (C=O) groups excluding carboxylic acids is 1. The van der Waals surface area contributed by atoms with Crippen molar-refractivity contribution in [2.24, 2.45) is 0 Å². The Morgan fingerprint density at radius 3 is 2.37 bits per heavy atom. The number of alkyl carbamates (subject to hydrolysis) is 1. The number of hydrogen-bond acceptors (Lipinski definition) is 4. The Hall–Kier alpha value is -2.04. The van der Waals surface area contributed by atoms with Crippen molar-refractivity contribution in [3.8, 4) is 17.6 Å². The van der Waals surface area contributed by atoms with Crippen molar-refractivity contribution in [3.05, 3.63) is 29.6 Å². The first kappa shape index (κ1) is 26.0. The summed E-state index contributed by atoms with van der Waals surface area (Å²) in [6.45, 7) is 18.7. The van der Waals surface area contributed by atoms with Crippen LogP contribution in [0.3, 0.4) is 0 Å². The fourth-order valence-electron chi connectivity index (χ4n) is 2.09. The van der Waals surface area contributed by atoms with Gasteiger partial charge in [-0.3, -0.25) is 0 Å². The molecule has 0 spiro atoms. The van der Waals surface area contributed by atoms with Gasteiger partial charge in [0.25, 0.3) is 0 Å². The SMILES string of the molecule is C[C@H](C#Cc1ccc(F)cc1OCCO[Si](C)(C)C(C)(C)C)NC(=O)OC(C)(C)C. The van der Waals surface area contributed by atoms with Crippen LogP contribution >= 0.6 is 0 Å². The van der Waals surface area contributed by atoms with Crippen molar-refractivity contribution in [2.75, 3.05) is 13.2 Å². The molecule has 1 atom stereocenters. The summed E-state index contributed by atoms with van der Waals surface area (Å²) in [5.41, 5.74) is -0.0385. The van der Waals surface area contributed by atoms with Gasteiger partial charge >= 0.3 is 6.09 Å². The average Bonchev–Trinajstić information content (AvgIpc) is 2.55. The molecule has 168 valence electrons. The van der Waals surface area contributed by atoms with Crippen molar-refractivity contribution >= 4 is 14.4 Å². The molecule has 0 unspecified atom stereocenters. The lowest BCUT2D eigenvalue weighted by atomic mass is 10.2. The predicted molar refractivity (Wildman–Crippen MR) is 121 cm³/mol. The molecule has 0 radical (unpaired) electrons. The molecule has 1 aromatic carbocycles. The largest absolute Gasteiger partial charge is 0.490 e. The summed E-state index contributed by atoms with van der Waals surface area (Å²) in [5.74, 6) is 5.82. The molecule has 0 bridgehead atoms. The summed E-state index contributed by atoms with van der Waals surface area (Å²) in [4.78, 5) is 11.8. The van der Waals surface area contributed by atoms with Gasteiger partial charge in [0.15, 0.2) is 8.32 Å². The number of ether oxygens (including phenoxy) is 2. The fraction of sp³-hybridized carbons (Fsp3) is 0.609. The van der Waals surface area contributed by atoms with Gasteiger partial charge in [-0.05, 0) is 58.0 Å². The van der Waals surface area contributed by atoms with E-state index in [1.807, 2.05) is 0 Å². The zero-order valence-corrected chi connectivity index (χ0v) is 20.7. The molecule has 0 aliphatic rings. The molecule has 30 heavy (non-hydrogen) atoms. The normalized spacial score (nSPS) is 13.1. The van der Waals surface area contributed by atoms with Gasteiger partial charge in [0.1, 0.15) is 23.8 Å². The van der Waals surface area contributed by atoms with Crippen LogP contribution in [0.25, 0.3) is 0 Å². The van der Waals surface area contributed by atoms with Gasteiger partial charge in [-0.15, -0.1) is 0 Å². The molecule has 0 saturated heterocycles. The monoisotopic (exact) mass is 437 g/mol. The summed E-state index contributed by atoms with van der Waals surface area (Å²) in [6, 6.07) is 3.75. The maximum Gasteiger partial charge on any atom is 0.408 e. The van der Waals surface area contributed by atoms with E-state index in [2.05, 4.69) is 51.0 Å². The molecule has 0 heterocycles. The minimum Gasteiger partial charge on any atom is -0.490 e. The highest BCUT2D eigenvalue weighted by molar-refractivity contribution is 6.74. The molecule has 7 heteroatoms. The van der Waals surface area contributed by atoms with Gasteiger partial charge in [-0.2, -0.15) is 0 Å². The van der Waals surface area contributed by atoms with Crippen molar-refractivity contribution in [1.29, 1.82) is 0 Å². The number of benzene rings is 1. The lowest BCUT2D eigenvalue weighted by Gasteiger charge is -2.36. The smallest absolute Gasteiger partial charge is 0.408 e. The van der Waals surface area contributed by atoms with E-state index < -0.39 is 31.9 Å². The Morgan fingerprint density at radius 2 is 1.80 bits per heavy atom. The number of amides is 1. The first-order valence-electron chi connectivity index (χ1n) is 10.2. The zero-order chi connectivity index (χ0) is 23.2. The van der Waals surface area contributed by atoms with E-state index in [0.29, 0.717) is 24.5 Å². The predicted octanol–water partition coefficient (Wildman–Crippen LogP) is 5.49. The van der Waals surface area contributed by atoms with E-state index in [4.69, 9.17) is 13.9 Å². The Kier molecular flexibility index (Phi) is 8.94. The number of rotatable bonds is 6.